The van der Waals surface area contributed by atoms with Crippen molar-refractivity contribution in [2.75, 3.05) is 19.0 Å². The molecule has 1 heterocycles. The average Bonchev–Trinajstić information content (AvgIpc) is 2.78. The van der Waals surface area contributed by atoms with Crippen LogP contribution in [0.4, 0.5) is 10.1 Å². The van der Waals surface area contributed by atoms with Gasteiger partial charge < -0.3 is 9.80 Å². The summed E-state index contributed by atoms with van der Waals surface area (Å²) in [7, 11) is 3.24. The number of ketones is 1. The van der Waals surface area contributed by atoms with Crippen molar-refractivity contribution in [1.29, 1.82) is 0 Å². The van der Waals surface area contributed by atoms with Gasteiger partial charge in [0.2, 0.25) is 11.7 Å². The maximum absolute atomic E-state index is 14.3. The first kappa shape index (κ1) is 21.8. The SMILES string of the molecule is CN(C)C(=O)c1cccc(N(Cc2ccccc2F)C(=O)CC(=O)c2ncccn2)c1. The van der Waals surface area contributed by atoms with E-state index in [9.17, 15) is 18.8 Å². The Hall–Kier alpha value is -3.94. The van der Waals surface area contributed by atoms with Gasteiger partial charge in [0.05, 0.1) is 13.0 Å². The van der Waals surface area contributed by atoms with Gasteiger partial charge >= 0.3 is 0 Å². The van der Waals surface area contributed by atoms with Gasteiger partial charge in [0.25, 0.3) is 5.91 Å². The van der Waals surface area contributed by atoms with Gasteiger partial charge in [-0.1, -0.05) is 24.3 Å². The summed E-state index contributed by atoms with van der Waals surface area (Å²) in [4.78, 5) is 48.4. The van der Waals surface area contributed by atoms with Crippen LogP contribution < -0.4 is 4.90 Å². The average molecular weight is 420 g/mol. The van der Waals surface area contributed by atoms with Gasteiger partial charge in [-0.2, -0.15) is 0 Å². The highest BCUT2D eigenvalue weighted by molar-refractivity contribution is 6.10. The van der Waals surface area contributed by atoms with E-state index in [0.29, 0.717) is 11.3 Å². The van der Waals surface area contributed by atoms with E-state index in [0.717, 1.165) is 0 Å². The standard InChI is InChI=1S/C23H21FN4O3/c1-27(2)23(31)16-8-5-9-18(13-16)28(15-17-7-3-4-10-19(17)24)21(30)14-20(29)22-25-11-6-12-26-22/h3-13H,14-15H2,1-2H3. The maximum Gasteiger partial charge on any atom is 0.253 e. The Balaban J connectivity index is 1.94. The molecule has 0 aliphatic heterocycles. The Labute approximate surface area is 179 Å². The van der Waals surface area contributed by atoms with Crippen LogP contribution in [0.3, 0.4) is 0 Å². The first-order chi connectivity index (χ1) is 14.9. The van der Waals surface area contributed by atoms with Crippen molar-refractivity contribution in [3.8, 4) is 0 Å². The maximum atomic E-state index is 14.3. The molecule has 0 fully saturated rings. The number of benzene rings is 2. The molecule has 0 aliphatic rings. The summed E-state index contributed by atoms with van der Waals surface area (Å²) in [6.07, 6.45) is 2.33. The number of hydrogen-bond acceptors (Lipinski definition) is 5. The van der Waals surface area contributed by atoms with E-state index in [4.69, 9.17) is 0 Å². The van der Waals surface area contributed by atoms with Gasteiger partial charge in [-0.05, 0) is 30.3 Å². The number of carbonyl (C=O) groups is 3. The van der Waals surface area contributed by atoms with Crippen molar-refractivity contribution < 1.29 is 18.8 Å². The minimum Gasteiger partial charge on any atom is -0.345 e. The predicted molar refractivity (Wildman–Crippen MR) is 113 cm³/mol. The number of rotatable bonds is 7. The van der Waals surface area contributed by atoms with Gasteiger partial charge in [0.1, 0.15) is 5.82 Å². The number of carbonyl (C=O) groups excluding carboxylic acids is 3. The van der Waals surface area contributed by atoms with E-state index in [1.807, 2.05) is 0 Å². The molecule has 3 rings (SSSR count). The minimum absolute atomic E-state index is 0.0711. The molecule has 8 heteroatoms. The molecule has 0 aliphatic carbocycles. The first-order valence-corrected chi connectivity index (χ1v) is 9.52. The molecular formula is C23H21FN4O3. The van der Waals surface area contributed by atoms with Crippen LogP contribution in [0, 0.1) is 5.82 Å². The molecule has 0 radical (unpaired) electrons. The van der Waals surface area contributed by atoms with Crippen molar-refractivity contribution in [3.63, 3.8) is 0 Å². The van der Waals surface area contributed by atoms with E-state index >= 15 is 0 Å². The molecule has 3 aromatic rings. The van der Waals surface area contributed by atoms with Crippen molar-refractivity contribution in [2.24, 2.45) is 0 Å². The fourth-order valence-electron chi connectivity index (χ4n) is 2.94. The van der Waals surface area contributed by atoms with Gasteiger partial charge in [0, 0.05) is 43.3 Å². The number of aromatic nitrogens is 2. The molecule has 2 aromatic carbocycles. The second kappa shape index (κ2) is 9.71. The third-order valence-electron chi connectivity index (χ3n) is 4.53. The quantitative estimate of drug-likeness (QED) is 0.433. The summed E-state index contributed by atoms with van der Waals surface area (Å²) in [5.74, 6) is -1.90. The Kier molecular flexibility index (Phi) is 6.81. The van der Waals surface area contributed by atoms with Gasteiger partial charge in [-0.25, -0.2) is 14.4 Å². The summed E-state index contributed by atoms with van der Waals surface area (Å²) < 4.78 is 14.3. The van der Waals surface area contributed by atoms with Crippen LogP contribution in [0.2, 0.25) is 0 Å². The van der Waals surface area contributed by atoms with Gasteiger partial charge in [0.15, 0.2) is 5.82 Å². The Morgan fingerprint density at radius 3 is 2.32 bits per heavy atom. The zero-order valence-electron chi connectivity index (χ0n) is 17.2. The molecule has 158 valence electrons. The number of halogens is 1. The van der Waals surface area contributed by atoms with Crippen molar-refractivity contribution in [1.82, 2.24) is 14.9 Å². The Morgan fingerprint density at radius 2 is 1.65 bits per heavy atom. The van der Waals surface area contributed by atoms with Crippen molar-refractivity contribution >= 4 is 23.3 Å². The van der Waals surface area contributed by atoms with Gasteiger partial charge in [-0.15, -0.1) is 0 Å². The topological polar surface area (TPSA) is 83.5 Å². The molecule has 1 aromatic heterocycles. The lowest BCUT2D eigenvalue weighted by molar-refractivity contribution is -0.117. The molecule has 0 saturated carbocycles. The van der Waals surface area contributed by atoms with Gasteiger partial charge in [-0.3, -0.25) is 14.4 Å². The van der Waals surface area contributed by atoms with E-state index in [2.05, 4.69) is 9.97 Å². The van der Waals surface area contributed by atoms with Crippen LogP contribution >= 0.6 is 0 Å². The number of anilines is 1. The monoisotopic (exact) mass is 420 g/mol. The summed E-state index contributed by atoms with van der Waals surface area (Å²) in [6.45, 7) is -0.103. The zero-order chi connectivity index (χ0) is 22.4. The lowest BCUT2D eigenvalue weighted by Crippen LogP contribution is -2.33. The fraction of sp³-hybridized carbons (Fsp3) is 0.174. The third-order valence-corrected chi connectivity index (χ3v) is 4.53. The largest absolute Gasteiger partial charge is 0.345 e. The molecule has 7 nitrogen and oxygen atoms in total. The minimum atomic E-state index is -0.560. The Bertz CT molecular complexity index is 1100. The lowest BCUT2D eigenvalue weighted by Gasteiger charge is -2.24. The van der Waals surface area contributed by atoms with Crippen molar-refractivity contribution in [2.45, 2.75) is 13.0 Å². The molecule has 0 bridgehead atoms. The molecular weight excluding hydrogens is 399 g/mol. The summed E-state index contributed by atoms with van der Waals surface area (Å²) >= 11 is 0. The summed E-state index contributed by atoms with van der Waals surface area (Å²) in [5.41, 5.74) is 1.03. The summed E-state index contributed by atoms with van der Waals surface area (Å²) in [6, 6.07) is 14.1. The molecule has 0 unspecified atom stereocenters. The van der Waals surface area contributed by atoms with E-state index in [1.54, 1.807) is 62.6 Å². The second-order valence-electron chi connectivity index (χ2n) is 6.99. The molecule has 0 spiro atoms. The van der Waals surface area contributed by atoms with Crippen LogP contribution in [0.5, 0.6) is 0 Å². The van der Waals surface area contributed by atoms with Crippen LogP contribution in [-0.4, -0.2) is 46.6 Å². The fourth-order valence-corrected chi connectivity index (χ4v) is 2.94. The highest BCUT2D eigenvalue weighted by atomic mass is 19.1. The number of hydrogen-bond donors (Lipinski definition) is 0. The number of Topliss-reactive ketones (excluding diaryl/α,β-unsaturated/α-hetero) is 1. The van der Waals surface area contributed by atoms with E-state index < -0.39 is 23.9 Å². The summed E-state index contributed by atoms with van der Waals surface area (Å²) in [5, 5.41) is 0. The number of nitrogens with zero attached hydrogens (tertiary/aromatic N) is 4. The highest BCUT2D eigenvalue weighted by Gasteiger charge is 2.23. The van der Waals surface area contributed by atoms with Crippen LogP contribution in [-0.2, 0) is 11.3 Å². The number of amides is 2. The predicted octanol–water partition coefficient (Wildman–Crippen LogP) is 3.12. The molecule has 0 N–H and O–H groups in total. The molecule has 0 saturated heterocycles. The van der Waals surface area contributed by atoms with Crippen LogP contribution in [0.15, 0.2) is 67.0 Å². The third kappa shape index (κ3) is 5.36. The first-order valence-electron chi connectivity index (χ1n) is 9.52. The molecule has 2 amide bonds. The second-order valence-corrected chi connectivity index (χ2v) is 6.99. The smallest absolute Gasteiger partial charge is 0.253 e. The van der Waals surface area contributed by atoms with Crippen LogP contribution in [0.1, 0.15) is 33.0 Å². The highest BCUT2D eigenvalue weighted by Crippen LogP contribution is 2.22. The van der Waals surface area contributed by atoms with Crippen LogP contribution in [0.25, 0.3) is 0 Å². The Morgan fingerprint density at radius 1 is 0.935 bits per heavy atom. The molecule has 31 heavy (non-hydrogen) atoms. The lowest BCUT2D eigenvalue weighted by atomic mass is 10.1. The normalized spacial score (nSPS) is 10.4. The van der Waals surface area contributed by atoms with E-state index in [-0.39, 0.29) is 23.8 Å². The van der Waals surface area contributed by atoms with E-state index in [1.165, 1.54) is 28.3 Å². The van der Waals surface area contributed by atoms with Crippen molar-refractivity contribution in [3.05, 3.63) is 89.8 Å². The zero-order valence-corrected chi connectivity index (χ0v) is 17.2. The molecule has 0 atom stereocenters.